The summed E-state index contributed by atoms with van der Waals surface area (Å²) < 4.78 is 0. The summed E-state index contributed by atoms with van der Waals surface area (Å²) in [5, 5.41) is 14.2. The summed E-state index contributed by atoms with van der Waals surface area (Å²) in [6, 6.07) is 9.11. The molecule has 112 valence electrons. The van der Waals surface area contributed by atoms with Crippen LogP contribution in [0.4, 0.5) is 0 Å². The fraction of sp³-hybridized carbons (Fsp3) is 0.667. The number of benzene rings is 1. The molecule has 1 aliphatic rings. The minimum Gasteiger partial charge on any atom is -0.389 e. The van der Waals surface area contributed by atoms with Crippen LogP contribution in [0, 0.1) is 0 Å². The molecular formula is C18H29NO. The second kappa shape index (κ2) is 7.24. The van der Waals surface area contributed by atoms with Crippen LogP contribution in [0.3, 0.4) is 0 Å². The zero-order chi connectivity index (χ0) is 14.4. The number of aliphatic hydroxyl groups is 1. The largest absolute Gasteiger partial charge is 0.389 e. The molecule has 1 aliphatic carbocycles. The Hall–Kier alpha value is -0.860. The Morgan fingerprint density at radius 3 is 2.25 bits per heavy atom. The van der Waals surface area contributed by atoms with Crippen LogP contribution in [0.25, 0.3) is 0 Å². The van der Waals surface area contributed by atoms with Crippen molar-refractivity contribution in [2.75, 3.05) is 6.54 Å². The zero-order valence-corrected chi connectivity index (χ0v) is 13.0. The molecule has 0 radical (unpaired) electrons. The molecule has 1 unspecified atom stereocenters. The van der Waals surface area contributed by atoms with Crippen LogP contribution >= 0.6 is 0 Å². The van der Waals surface area contributed by atoms with Gasteiger partial charge < -0.3 is 10.4 Å². The van der Waals surface area contributed by atoms with E-state index in [2.05, 4.69) is 43.4 Å². The first-order valence-electron chi connectivity index (χ1n) is 8.17. The Morgan fingerprint density at radius 1 is 1.10 bits per heavy atom. The van der Waals surface area contributed by atoms with E-state index in [0.717, 1.165) is 32.1 Å². The van der Waals surface area contributed by atoms with Gasteiger partial charge in [0, 0.05) is 12.6 Å². The van der Waals surface area contributed by atoms with Gasteiger partial charge in [0.1, 0.15) is 0 Å². The summed E-state index contributed by atoms with van der Waals surface area (Å²) >= 11 is 0. The van der Waals surface area contributed by atoms with Crippen molar-refractivity contribution in [3.8, 4) is 0 Å². The van der Waals surface area contributed by atoms with Crippen LogP contribution in [0.15, 0.2) is 24.3 Å². The van der Waals surface area contributed by atoms with Crippen molar-refractivity contribution in [3.63, 3.8) is 0 Å². The lowest BCUT2D eigenvalue weighted by Crippen LogP contribution is -2.41. The molecule has 2 N–H and O–H groups in total. The molecule has 1 atom stereocenters. The van der Waals surface area contributed by atoms with Crippen LogP contribution in [0.1, 0.15) is 69.5 Å². The van der Waals surface area contributed by atoms with Crippen LogP contribution in [-0.4, -0.2) is 17.3 Å². The second-order valence-corrected chi connectivity index (χ2v) is 6.34. The molecule has 0 spiro atoms. The van der Waals surface area contributed by atoms with E-state index in [1.807, 2.05) is 0 Å². The van der Waals surface area contributed by atoms with Gasteiger partial charge in [-0.25, -0.2) is 0 Å². The Bertz CT molecular complexity index is 390. The van der Waals surface area contributed by atoms with E-state index in [1.165, 1.54) is 24.0 Å². The summed E-state index contributed by atoms with van der Waals surface area (Å²) in [6.45, 7) is 5.07. The van der Waals surface area contributed by atoms with E-state index >= 15 is 0 Å². The number of rotatable bonds is 5. The van der Waals surface area contributed by atoms with Crippen molar-refractivity contribution in [2.45, 2.75) is 70.4 Å². The number of hydrogen-bond acceptors (Lipinski definition) is 2. The smallest absolute Gasteiger partial charge is 0.0771 e. The summed E-state index contributed by atoms with van der Waals surface area (Å²) in [6.07, 6.45) is 7.85. The van der Waals surface area contributed by atoms with Crippen molar-refractivity contribution in [1.82, 2.24) is 5.32 Å². The number of nitrogens with one attached hydrogen (secondary N) is 1. The third-order valence-corrected chi connectivity index (χ3v) is 4.66. The van der Waals surface area contributed by atoms with Gasteiger partial charge in [0.2, 0.25) is 0 Å². The summed E-state index contributed by atoms with van der Waals surface area (Å²) in [5.41, 5.74) is 2.19. The van der Waals surface area contributed by atoms with Crippen molar-refractivity contribution in [2.24, 2.45) is 0 Å². The van der Waals surface area contributed by atoms with Gasteiger partial charge in [-0.05, 0) is 37.3 Å². The van der Waals surface area contributed by atoms with E-state index in [9.17, 15) is 5.11 Å². The third kappa shape index (κ3) is 4.32. The van der Waals surface area contributed by atoms with Crippen LogP contribution < -0.4 is 5.32 Å². The molecule has 1 aromatic carbocycles. The van der Waals surface area contributed by atoms with Gasteiger partial charge in [-0.2, -0.15) is 0 Å². The maximum absolute atomic E-state index is 10.7. The van der Waals surface area contributed by atoms with Gasteiger partial charge in [0.15, 0.2) is 0 Å². The topological polar surface area (TPSA) is 32.3 Å². The van der Waals surface area contributed by atoms with Gasteiger partial charge in [0.25, 0.3) is 0 Å². The quantitative estimate of drug-likeness (QED) is 0.797. The fourth-order valence-electron chi connectivity index (χ4n) is 3.07. The average Bonchev–Trinajstić information content (AvgIpc) is 2.70. The van der Waals surface area contributed by atoms with Gasteiger partial charge in [-0.1, -0.05) is 56.9 Å². The molecular weight excluding hydrogens is 246 g/mol. The molecule has 0 bridgehead atoms. The van der Waals surface area contributed by atoms with Crippen LogP contribution in [-0.2, 0) is 6.42 Å². The molecule has 1 fully saturated rings. The zero-order valence-electron chi connectivity index (χ0n) is 13.0. The molecule has 20 heavy (non-hydrogen) atoms. The van der Waals surface area contributed by atoms with E-state index in [0.29, 0.717) is 12.6 Å². The van der Waals surface area contributed by atoms with E-state index < -0.39 is 5.60 Å². The Kier molecular flexibility index (Phi) is 5.62. The molecule has 0 aromatic heterocycles. The average molecular weight is 275 g/mol. The van der Waals surface area contributed by atoms with Crippen LogP contribution in [0.2, 0.25) is 0 Å². The molecule has 0 aliphatic heterocycles. The highest BCUT2D eigenvalue weighted by molar-refractivity contribution is 5.24. The normalized spacial score (nSPS) is 20.4. The first-order valence-corrected chi connectivity index (χ1v) is 8.17. The molecule has 0 heterocycles. The van der Waals surface area contributed by atoms with Gasteiger partial charge in [0.05, 0.1) is 5.60 Å². The number of aryl methyl sites for hydroxylation is 1. The lowest BCUT2D eigenvalue weighted by Gasteiger charge is -2.29. The first-order chi connectivity index (χ1) is 9.63. The third-order valence-electron chi connectivity index (χ3n) is 4.66. The predicted octanol–water partition coefficient (Wildman–Crippen LogP) is 3.98. The fourth-order valence-corrected chi connectivity index (χ4v) is 3.07. The lowest BCUT2D eigenvalue weighted by molar-refractivity contribution is 0.0231. The molecule has 0 amide bonds. The van der Waals surface area contributed by atoms with Gasteiger partial charge in [-0.3, -0.25) is 0 Å². The SMILES string of the molecule is CCc1ccc(C(C)NCC2(O)CCCCCC2)cc1. The highest BCUT2D eigenvalue weighted by Gasteiger charge is 2.28. The molecule has 1 saturated carbocycles. The van der Waals surface area contributed by atoms with Crippen molar-refractivity contribution < 1.29 is 5.11 Å². The molecule has 2 heteroatoms. The maximum Gasteiger partial charge on any atom is 0.0771 e. The number of hydrogen-bond donors (Lipinski definition) is 2. The molecule has 0 saturated heterocycles. The molecule has 1 aromatic rings. The highest BCUT2D eigenvalue weighted by Crippen LogP contribution is 2.27. The Balaban J connectivity index is 1.88. The predicted molar refractivity (Wildman–Crippen MR) is 84.9 cm³/mol. The first kappa shape index (κ1) is 15.5. The monoisotopic (exact) mass is 275 g/mol. The minimum atomic E-state index is -0.492. The van der Waals surface area contributed by atoms with Crippen LogP contribution in [0.5, 0.6) is 0 Å². The van der Waals surface area contributed by atoms with E-state index in [-0.39, 0.29) is 0 Å². The second-order valence-electron chi connectivity index (χ2n) is 6.34. The standard InChI is InChI=1S/C18H29NO/c1-3-16-8-10-17(11-9-16)15(2)19-14-18(20)12-6-4-5-7-13-18/h8-11,15,19-20H,3-7,12-14H2,1-2H3. The maximum atomic E-state index is 10.7. The Morgan fingerprint density at radius 2 is 1.70 bits per heavy atom. The Labute approximate surface area is 123 Å². The van der Waals surface area contributed by atoms with Crippen molar-refractivity contribution in [3.05, 3.63) is 35.4 Å². The summed E-state index contributed by atoms with van der Waals surface area (Å²) in [7, 11) is 0. The molecule has 2 nitrogen and oxygen atoms in total. The van der Waals surface area contributed by atoms with Gasteiger partial charge >= 0.3 is 0 Å². The van der Waals surface area contributed by atoms with Crippen molar-refractivity contribution >= 4 is 0 Å². The minimum absolute atomic E-state index is 0.299. The van der Waals surface area contributed by atoms with Crippen molar-refractivity contribution in [1.29, 1.82) is 0 Å². The lowest BCUT2D eigenvalue weighted by atomic mass is 9.94. The van der Waals surface area contributed by atoms with E-state index in [1.54, 1.807) is 0 Å². The highest BCUT2D eigenvalue weighted by atomic mass is 16.3. The summed E-state index contributed by atoms with van der Waals surface area (Å²) in [5.74, 6) is 0. The molecule has 2 rings (SSSR count). The summed E-state index contributed by atoms with van der Waals surface area (Å²) in [4.78, 5) is 0. The van der Waals surface area contributed by atoms with E-state index in [4.69, 9.17) is 0 Å². The van der Waals surface area contributed by atoms with Gasteiger partial charge in [-0.15, -0.1) is 0 Å².